The smallest absolute Gasteiger partial charge is 0.264 e. The van der Waals surface area contributed by atoms with Crippen LogP contribution in [0.15, 0.2) is 24.3 Å². The lowest BCUT2D eigenvalue weighted by Gasteiger charge is -2.19. The van der Waals surface area contributed by atoms with Gasteiger partial charge in [-0.1, -0.05) is 31.5 Å². The minimum absolute atomic E-state index is 0.00753. The zero-order chi connectivity index (χ0) is 14.5. The third-order valence-corrected chi connectivity index (χ3v) is 4.63. The number of aryl methyl sites for hydroxylation is 1. The highest BCUT2D eigenvalue weighted by Crippen LogP contribution is 2.33. The molecule has 2 aromatic rings. The molecule has 0 atom stereocenters. The van der Waals surface area contributed by atoms with Gasteiger partial charge in [-0.15, -0.1) is 11.3 Å². The number of fused-ring (bicyclic) bond motifs is 1. The van der Waals surface area contributed by atoms with Crippen LogP contribution >= 0.6 is 11.3 Å². The number of rotatable bonds is 6. The Hall–Kier alpha value is -1.39. The number of likely N-dealkylation sites (N-methyl/N-ethyl adjacent to an activating group) is 1. The molecule has 108 valence electrons. The third-order valence-electron chi connectivity index (χ3n) is 3.43. The molecule has 0 saturated heterocycles. The van der Waals surface area contributed by atoms with Gasteiger partial charge in [0.15, 0.2) is 0 Å². The molecule has 0 spiro atoms. The standard InChI is InChI=1S/C16H21NO2S/c1-3-7-13-12-8-5-6-9-14(12)20-15(13)16(19)17(4-2)10-11-18/h5-6,8-9,18H,3-4,7,10-11H2,1-2H3. The summed E-state index contributed by atoms with van der Waals surface area (Å²) < 4.78 is 1.17. The molecule has 2 rings (SSSR count). The first-order valence-electron chi connectivity index (χ1n) is 7.13. The normalized spacial score (nSPS) is 10.9. The molecule has 0 fully saturated rings. The zero-order valence-electron chi connectivity index (χ0n) is 12.1. The highest BCUT2D eigenvalue weighted by molar-refractivity contribution is 7.21. The Morgan fingerprint density at radius 3 is 2.70 bits per heavy atom. The van der Waals surface area contributed by atoms with Crippen LogP contribution in [-0.4, -0.2) is 35.6 Å². The number of hydrogen-bond donors (Lipinski definition) is 1. The van der Waals surface area contributed by atoms with Gasteiger partial charge in [0, 0.05) is 17.8 Å². The van der Waals surface area contributed by atoms with Gasteiger partial charge >= 0.3 is 0 Å². The van der Waals surface area contributed by atoms with E-state index in [1.165, 1.54) is 10.1 Å². The van der Waals surface area contributed by atoms with Gasteiger partial charge < -0.3 is 10.0 Å². The van der Waals surface area contributed by atoms with E-state index in [1.54, 1.807) is 16.2 Å². The van der Waals surface area contributed by atoms with Crippen molar-refractivity contribution in [1.29, 1.82) is 0 Å². The molecule has 3 nitrogen and oxygen atoms in total. The van der Waals surface area contributed by atoms with Gasteiger partial charge in [0.05, 0.1) is 11.5 Å². The SMILES string of the molecule is CCCc1c(C(=O)N(CC)CCO)sc2ccccc12. The van der Waals surface area contributed by atoms with Crippen molar-refractivity contribution in [3.63, 3.8) is 0 Å². The fourth-order valence-corrected chi connectivity index (χ4v) is 3.66. The average Bonchev–Trinajstić information content (AvgIpc) is 2.83. The number of carbonyl (C=O) groups is 1. The predicted octanol–water partition coefficient (Wildman–Crippen LogP) is 3.31. The Morgan fingerprint density at radius 2 is 2.05 bits per heavy atom. The molecule has 1 amide bonds. The summed E-state index contributed by atoms with van der Waals surface area (Å²) in [6.45, 7) is 5.11. The molecule has 0 aliphatic carbocycles. The van der Waals surface area contributed by atoms with Crippen molar-refractivity contribution in [2.75, 3.05) is 19.7 Å². The molecule has 0 aliphatic rings. The summed E-state index contributed by atoms with van der Waals surface area (Å²) in [5.74, 6) is 0.0474. The molecule has 0 radical (unpaired) electrons. The van der Waals surface area contributed by atoms with Crippen molar-refractivity contribution in [1.82, 2.24) is 4.90 Å². The van der Waals surface area contributed by atoms with Crippen molar-refractivity contribution < 1.29 is 9.90 Å². The molecule has 20 heavy (non-hydrogen) atoms. The number of amides is 1. The van der Waals surface area contributed by atoms with E-state index in [-0.39, 0.29) is 12.5 Å². The third kappa shape index (κ3) is 2.86. The number of benzene rings is 1. The first kappa shape index (κ1) is 15.0. The van der Waals surface area contributed by atoms with Gasteiger partial charge in [0.2, 0.25) is 0 Å². The van der Waals surface area contributed by atoms with Crippen LogP contribution in [0.3, 0.4) is 0 Å². The van der Waals surface area contributed by atoms with Gasteiger partial charge in [-0.25, -0.2) is 0 Å². The lowest BCUT2D eigenvalue weighted by Crippen LogP contribution is -2.33. The predicted molar refractivity (Wildman–Crippen MR) is 84.5 cm³/mol. The molecule has 0 unspecified atom stereocenters. The van der Waals surface area contributed by atoms with Crippen molar-refractivity contribution >= 4 is 27.3 Å². The van der Waals surface area contributed by atoms with Crippen LogP contribution in [-0.2, 0) is 6.42 Å². The molecular weight excluding hydrogens is 270 g/mol. The number of aliphatic hydroxyl groups excluding tert-OH is 1. The summed E-state index contributed by atoms with van der Waals surface area (Å²) in [6, 6.07) is 8.19. The van der Waals surface area contributed by atoms with Crippen LogP contribution in [0.2, 0.25) is 0 Å². The molecule has 0 saturated carbocycles. The maximum absolute atomic E-state index is 12.7. The Bertz CT molecular complexity index is 591. The summed E-state index contributed by atoms with van der Waals surface area (Å²) in [7, 11) is 0. The summed E-state index contributed by atoms with van der Waals surface area (Å²) in [4.78, 5) is 15.2. The summed E-state index contributed by atoms with van der Waals surface area (Å²) >= 11 is 1.57. The Morgan fingerprint density at radius 1 is 1.30 bits per heavy atom. The quantitative estimate of drug-likeness (QED) is 0.887. The highest BCUT2D eigenvalue weighted by atomic mass is 32.1. The highest BCUT2D eigenvalue weighted by Gasteiger charge is 2.21. The van der Waals surface area contributed by atoms with E-state index in [0.29, 0.717) is 13.1 Å². The van der Waals surface area contributed by atoms with Gasteiger partial charge in [0.1, 0.15) is 0 Å². The van der Waals surface area contributed by atoms with Crippen LogP contribution in [0, 0.1) is 0 Å². The molecule has 1 heterocycles. The van der Waals surface area contributed by atoms with Crippen molar-refractivity contribution in [3.8, 4) is 0 Å². The summed E-state index contributed by atoms with van der Waals surface area (Å²) in [6.07, 6.45) is 1.94. The monoisotopic (exact) mass is 291 g/mol. The maximum atomic E-state index is 12.7. The lowest BCUT2D eigenvalue weighted by molar-refractivity contribution is 0.0736. The summed E-state index contributed by atoms with van der Waals surface area (Å²) in [5, 5.41) is 10.3. The van der Waals surface area contributed by atoms with E-state index in [4.69, 9.17) is 5.11 Å². The Kier molecular flexibility index (Phi) is 5.15. The van der Waals surface area contributed by atoms with Crippen LogP contribution in [0.5, 0.6) is 0 Å². The number of aliphatic hydroxyl groups is 1. The number of hydrogen-bond acceptors (Lipinski definition) is 3. The van der Waals surface area contributed by atoms with E-state index in [9.17, 15) is 4.79 Å². The molecular formula is C16H21NO2S. The van der Waals surface area contributed by atoms with Crippen molar-refractivity contribution in [3.05, 3.63) is 34.7 Å². The fraction of sp³-hybridized carbons (Fsp3) is 0.438. The van der Waals surface area contributed by atoms with Gasteiger partial charge in [-0.05, 0) is 30.4 Å². The number of thiophene rings is 1. The van der Waals surface area contributed by atoms with E-state index in [1.807, 2.05) is 19.1 Å². The first-order valence-corrected chi connectivity index (χ1v) is 7.95. The molecule has 0 aliphatic heterocycles. The van der Waals surface area contributed by atoms with E-state index < -0.39 is 0 Å². The Labute approximate surface area is 123 Å². The second-order valence-corrected chi connectivity index (χ2v) is 5.82. The van der Waals surface area contributed by atoms with Gasteiger partial charge in [-0.2, -0.15) is 0 Å². The largest absolute Gasteiger partial charge is 0.395 e. The first-order chi connectivity index (χ1) is 9.72. The summed E-state index contributed by atoms with van der Waals surface area (Å²) in [5.41, 5.74) is 1.16. The molecule has 0 bridgehead atoms. The average molecular weight is 291 g/mol. The topological polar surface area (TPSA) is 40.5 Å². The molecule has 1 aromatic carbocycles. The van der Waals surface area contributed by atoms with Crippen LogP contribution in [0.4, 0.5) is 0 Å². The van der Waals surface area contributed by atoms with Crippen molar-refractivity contribution in [2.24, 2.45) is 0 Å². The zero-order valence-corrected chi connectivity index (χ0v) is 12.9. The van der Waals surface area contributed by atoms with Gasteiger partial charge in [-0.3, -0.25) is 4.79 Å². The second kappa shape index (κ2) is 6.86. The minimum Gasteiger partial charge on any atom is -0.395 e. The fourth-order valence-electron chi connectivity index (χ4n) is 2.44. The van der Waals surface area contributed by atoms with Crippen LogP contribution in [0.25, 0.3) is 10.1 Å². The van der Waals surface area contributed by atoms with Gasteiger partial charge in [0.25, 0.3) is 5.91 Å². The lowest BCUT2D eigenvalue weighted by atomic mass is 10.1. The van der Waals surface area contributed by atoms with E-state index >= 15 is 0 Å². The minimum atomic E-state index is 0.00753. The molecule has 1 aromatic heterocycles. The maximum Gasteiger partial charge on any atom is 0.264 e. The van der Waals surface area contributed by atoms with Crippen LogP contribution < -0.4 is 0 Å². The number of carbonyl (C=O) groups excluding carboxylic acids is 1. The van der Waals surface area contributed by atoms with E-state index in [0.717, 1.165) is 23.3 Å². The van der Waals surface area contributed by atoms with Crippen LogP contribution in [0.1, 0.15) is 35.5 Å². The number of nitrogens with zero attached hydrogens (tertiary/aromatic N) is 1. The van der Waals surface area contributed by atoms with E-state index in [2.05, 4.69) is 19.1 Å². The second-order valence-electron chi connectivity index (χ2n) is 4.76. The molecule has 4 heteroatoms. The molecule has 1 N–H and O–H groups in total. The van der Waals surface area contributed by atoms with Crippen molar-refractivity contribution in [2.45, 2.75) is 26.7 Å². The Balaban J connectivity index is 2.46.